The third kappa shape index (κ3) is 5.78. The number of nitrogens with zero attached hydrogens (tertiary/aromatic N) is 2. The van der Waals surface area contributed by atoms with Gasteiger partial charge in [-0.3, -0.25) is 19.0 Å². The Bertz CT molecular complexity index is 1060. The minimum atomic E-state index is -0.326. The number of esters is 1. The number of aromatic nitrogens is 2. The van der Waals surface area contributed by atoms with Crippen molar-refractivity contribution in [2.45, 2.75) is 88.4 Å². The lowest BCUT2D eigenvalue weighted by Crippen LogP contribution is -2.36. The summed E-state index contributed by atoms with van der Waals surface area (Å²) in [5, 5.41) is 4.16. The summed E-state index contributed by atoms with van der Waals surface area (Å²) in [5.74, 6) is -0.351. The van der Waals surface area contributed by atoms with Crippen LogP contribution in [0.1, 0.15) is 87.5 Å². The number of hydrogen-bond acceptors (Lipinski definition) is 6. The first-order valence-electron chi connectivity index (χ1n) is 12.2. The fourth-order valence-corrected chi connectivity index (χ4v) is 5.79. The van der Waals surface area contributed by atoms with Gasteiger partial charge in [0, 0.05) is 17.6 Å². The molecule has 1 aromatic heterocycles. The Morgan fingerprint density at radius 2 is 1.79 bits per heavy atom. The largest absolute Gasteiger partial charge is 0.465 e. The number of carbonyl (C=O) groups is 2. The van der Waals surface area contributed by atoms with E-state index < -0.39 is 0 Å². The van der Waals surface area contributed by atoms with Gasteiger partial charge >= 0.3 is 5.97 Å². The van der Waals surface area contributed by atoms with E-state index in [2.05, 4.69) is 5.32 Å². The van der Waals surface area contributed by atoms with Gasteiger partial charge in [-0.25, -0.2) is 4.98 Å². The van der Waals surface area contributed by atoms with Crippen LogP contribution in [0, 0.1) is 0 Å². The molecular formula is C25H33N3O4S. The van der Waals surface area contributed by atoms with E-state index in [1.165, 1.54) is 24.6 Å². The van der Waals surface area contributed by atoms with Gasteiger partial charge in [-0.05, 0) is 50.8 Å². The van der Waals surface area contributed by atoms with E-state index in [0.717, 1.165) is 51.4 Å². The van der Waals surface area contributed by atoms with Crippen molar-refractivity contribution in [2.75, 3.05) is 12.4 Å². The van der Waals surface area contributed by atoms with E-state index in [1.807, 2.05) is 0 Å². The number of hydrogen-bond donors (Lipinski definition) is 1. The molecule has 0 saturated heterocycles. The van der Waals surface area contributed by atoms with Gasteiger partial charge in [0.25, 0.3) is 11.5 Å². The van der Waals surface area contributed by atoms with Crippen molar-refractivity contribution >= 4 is 34.5 Å². The van der Waals surface area contributed by atoms with Crippen LogP contribution in [0.3, 0.4) is 0 Å². The SMILES string of the molecule is CCOC(=O)CSc1nc2cc(C(=O)NC3CCCCC3)ccc2c(=O)n1C1CCCCC1. The molecule has 0 bridgehead atoms. The minimum absolute atomic E-state index is 0.0853. The lowest BCUT2D eigenvalue weighted by molar-refractivity contribution is -0.139. The lowest BCUT2D eigenvalue weighted by atomic mass is 9.95. The van der Waals surface area contributed by atoms with E-state index in [9.17, 15) is 14.4 Å². The summed E-state index contributed by atoms with van der Waals surface area (Å²) < 4.78 is 6.83. The Morgan fingerprint density at radius 1 is 1.09 bits per heavy atom. The quantitative estimate of drug-likeness (QED) is 0.360. The summed E-state index contributed by atoms with van der Waals surface area (Å²) in [6.07, 6.45) is 10.7. The molecule has 1 aromatic carbocycles. The number of thioether (sulfide) groups is 1. The van der Waals surface area contributed by atoms with Gasteiger partial charge in [0.2, 0.25) is 0 Å². The molecule has 0 radical (unpaired) electrons. The second-order valence-corrected chi connectivity index (χ2v) is 9.94. The number of fused-ring (bicyclic) bond motifs is 1. The van der Waals surface area contributed by atoms with E-state index in [0.29, 0.717) is 28.2 Å². The van der Waals surface area contributed by atoms with E-state index in [1.54, 1.807) is 29.7 Å². The predicted octanol–water partition coefficient (Wildman–Crippen LogP) is 4.62. The summed E-state index contributed by atoms with van der Waals surface area (Å²) in [7, 11) is 0. The normalized spacial score (nSPS) is 17.7. The van der Waals surface area contributed by atoms with Crippen LogP contribution in [0.4, 0.5) is 0 Å². The van der Waals surface area contributed by atoms with Gasteiger partial charge < -0.3 is 10.1 Å². The zero-order valence-corrected chi connectivity index (χ0v) is 20.1. The molecule has 33 heavy (non-hydrogen) atoms. The highest BCUT2D eigenvalue weighted by Crippen LogP contribution is 2.31. The number of ether oxygens (including phenoxy) is 1. The predicted molar refractivity (Wildman–Crippen MR) is 130 cm³/mol. The Morgan fingerprint density at radius 3 is 2.48 bits per heavy atom. The van der Waals surface area contributed by atoms with E-state index in [-0.39, 0.29) is 35.3 Å². The molecule has 2 aliphatic rings. The van der Waals surface area contributed by atoms with Gasteiger partial charge in [0.15, 0.2) is 5.16 Å². The number of benzene rings is 1. The summed E-state index contributed by atoms with van der Waals surface area (Å²) in [4.78, 5) is 43.1. The van der Waals surface area contributed by atoms with Crippen molar-refractivity contribution < 1.29 is 14.3 Å². The van der Waals surface area contributed by atoms with Crippen molar-refractivity contribution in [2.24, 2.45) is 0 Å². The maximum absolute atomic E-state index is 13.5. The average Bonchev–Trinajstić information content (AvgIpc) is 2.84. The highest BCUT2D eigenvalue weighted by Gasteiger charge is 2.23. The first-order valence-corrected chi connectivity index (χ1v) is 13.2. The van der Waals surface area contributed by atoms with Crippen LogP contribution in [0.2, 0.25) is 0 Å². The molecule has 4 rings (SSSR count). The topological polar surface area (TPSA) is 90.3 Å². The number of rotatable bonds is 7. The number of amides is 1. The van der Waals surface area contributed by atoms with Crippen LogP contribution in [0.15, 0.2) is 28.2 Å². The molecular weight excluding hydrogens is 438 g/mol. The standard InChI is InChI=1S/C25H33N3O4S/c1-2-32-22(29)16-33-25-27-21-15-17(23(30)26-18-9-5-3-6-10-18)13-14-20(21)24(31)28(25)19-11-7-4-8-12-19/h13-15,18-19H,2-12,16H2,1H3,(H,26,30). The first-order chi connectivity index (χ1) is 16.1. The Balaban J connectivity index is 1.66. The van der Waals surface area contributed by atoms with Gasteiger partial charge in [-0.1, -0.05) is 50.3 Å². The molecule has 1 amide bonds. The molecule has 0 unspecified atom stereocenters. The molecule has 2 fully saturated rings. The molecule has 2 saturated carbocycles. The molecule has 8 heteroatoms. The minimum Gasteiger partial charge on any atom is -0.465 e. The molecule has 7 nitrogen and oxygen atoms in total. The Labute approximate surface area is 198 Å². The van der Waals surface area contributed by atoms with Crippen molar-refractivity contribution in [3.63, 3.8) is 0 Å². The third-order valence-electron chi connectivity index (χ3n) is 6.64. The van der Waals surface area contributed by atoms with Crippen LogP contribution in [-0.2, 0) is 9.53 Å². The summed E-state index contributed by atoms with van der Waals surface area (Å²) in [6, 6.07) is 5.45. The van der Waals surface area contributed by atoms with Crippen molar-refractivity contribution in [3.05, 3.63) is 34.1 Å². The fraction of sp³-hybridized carbons (Fsp3) is 0.600. The van der Waals surface area contributed by atoms with Gasteiger partial charge in [-0.2, -0.15) is 0 Å². The second kappa shape index (κ2) is 11.2. The average molecular weight is 472 g/mol. The van der Waals surface area contributed by atoms with Gasteiger partial charge in [-0.15, -0.1) is 0 Å². The third-order valence-corrected chi connectivity index (χ3v) is 7.56. The lowest BCUT2D eigenvalue weighted by Gasteiger charge is -2.26. The van der Waals surface area contributed by atoms with Crippen LogP contribution in [0.5, 0.6) is 0 Å². The van der Waals surface area contributed by atoms with Crippen LogP contribution < -0.4 is 10.9 Å². The fourth-order valence-electron chi connectivity index (χ4n) is 4.92. The maximum atomic E-state index is 13.5. The monoisotopic (exact) mass is 471 g/mol. The summed E-state index contributed by atoms with van der Waals surface area (Å²) in [5.41, 5.74) is 0.906. The summed E-state index contributed by atoms with van der Waals surface area (Å²) >= 11 is 1.24. The Hall–Kier alpha value is -2.35. The van der Waals surface area contributed by atoms with Gasteiger partial charge in [0.1, 0.15) is 0 Å². The van der Waals surface area contributed by atoms with Crippen LogP contribution in [0.25, 0.3) is 10.9 Å². The highest BCUT2D eigenvalue weighted by molar-refractivity contribution is 7.99. The molecule has 1 N–H and O–H groups in total. The van der Waals surface area contributed by atoms with Crippen molar-refractivity contribution in [1.29, 1.82) is 0 Å². The molecule has 1 heterocycles. The Kier molecular flexibility index (Phi) is 8.06. The zero-order chi connectivity index (χ0) is 23.2. The molecule has 178 valence electrons. The molecule has 2 aliphatic carbocycles. The molecule has 0 aliphatic heterocycles. The first kappa shape index (κ1) is 23.8. The maximum Gasteiger partial charge on any atom is 0.316 e. The highest BCUT2D eigenvalue weighted by atomic mass is 32.2. The van der Waals surface area contributed by atoms with Gasteiger partial charge in [0.05, 0.1) is 23.3 Å². The zero-order valence-electron chi connectivity index (χ0n) is 19.3. The van der Waals surface area contributed by atoms with Crippen LogP contribution in [-0.4, -0.2) is 39.8 Å². The van der Waals surface area contributed by atoms with Crippen molar-refractivity contribution in [3.8, 4) is 0 Å². The van der Waals surface area contributed by atoms with E-state index >= 15 is 0 Å². The van der Waals surface area contributed by atoms with Crippen molar-refractivity contribution in [1.82, 2.24) is 14.9 Å². The molecule has 0 atom stereocenters. The number of carbonyl (C=O) groups excluding carboxylic acids is 2. The number of nitrogens with one attached hydrogen (secondary N) is 1. The van der Waals surface area contributed by atoms with E-state index in [4.69, 9.17) is 9.72 Å². The summed E-state index contributed by atoms with van der Waals surface area (Å²) in [6.45, 7) is 2.09. The smallest absolute Gasteiger partial charge is 0.316 e. The molecule has 2 aromatic rings. The second-order valence-electron chi connectivity index (χ2n) is 9.00. The molecule has 0 spiro atoms. The van der Waals surface area contributed by atoms with Crippen LogP contribution >= 0.6 is 11.8 Å².